The first-order valence-corrected chi connectivity index (χ1v) is 8.43. The van der Waals surface area contributed by atoms with E-state index in [4.69, 9.17) is 9.84 Å². The van der Waals surface area contributed by atoms with Crippen LogP contribution in [0.5, 0.6) is 5.75 Å². The van der Waals surface area contributed by atoms with Gasteiger partial charge in [0.15, 0.2) is 6.61 Å². The normalized spacial score (nSPS) is 10.3. The molecular weight excluding hydrogens is 302 g/mol. The summed E-state index contributed by atoms with van der Waals surface area (Å²) in [6, 6.07) is 3.45. The SMILES string of the molecule is CCSCCCNC(=O)c1cc(C)c(OCC(=O)O)c(C)c1. The average Bonchev–Trinajstić information content (AvgIpc) is 2.45. The molecule has 22 heavy (non-hydrogen) atoms. The molecule has 0 atom stereocenters. The fourth-order valence-electron chi connectivity index (χ4n) is 2.07. The summed E-state index contributed by atoms with van der Waals surface area (Å²) >= 11 is 1.85. The van der Waals surface area contributed by atoms with Gasteiger partial charge in [-0.3, -0.25) is 4.79 Å². The number of hydrogen-bond donors (Lipinski definition) is 2. The number of carboxylic acid groups (broad SMARTS) is 1. The lowest BCUT2D eigenvalue weighted by Gasteiger charge is -2.13. The molecule has 1 amide bonds. The summed E-state index contributed by atoms with van der Waals surface area (Å²) in [5.41, 5.74) is 2.08. The third-order valence-electron chi connectivity index (χ3n) is 3.02. The van der Waals surface area contributed by atoms with Gasteiger partial charge >= 0.3 is 5.97 Å². The maximum atomic E-state index is 12.1. The summed E-state index contributed by atoms with van der Waals surface area (Å²) in [5, 5.41) is 11.6. The molecule has 0 fully saturated rings. The molecule has 0 bridgehead atoms. The fourth-order valence-corrected chi connectivity index (χ4v) is 2.70. The first-order chi connectivity index (χ1) is 10.5. The van der Waals surface area contributed by atoms with Gasteiger partial charge in [-0.2, -0.15) is 11.8 Å². The lowest BCUT2D eigenvalue weighted by molar-refractivity contribution is -0.139. The van der Waals surface area contributed by atoms with Crippen LogP contribution in [-0.4, -0.2) is 41.6 Å². The maximum absolute atomic E-state index is 12.1. The third-order valence-corrected chi connectivity index (χ3v) is 4.00. The second-order valence-electron chi connectivity index (χ2n) is 4.93. The van der Waals surface area contributed by atoms with Crippen molar-refractivity contribution in [3.8, 4) is 5.75 Å². The zero-order chi connectivity index (χ0) is 16.5. The zero-order valence-electron chi connectivity index (χ0n) is 13.3. The molecule has 0 heterocycles. The third kappa shape index (κ3) is 5.97. The summed E-state index contributed by atoms with van der Waals surface area (Å²) < 4.78 is 5.26. The number of thioether (sulfide) groups is 1. The summed E-state index contributed by atoms with van der Waals surface area (Å²) in [4.78, 5) is 22.7. The number of aryl methyl sites for hydroxylation is 2. The van der Waals surface area contributed by atoms with E-state index >= 15 is 0 Å². The number of carboxylic acids is 1. The molecule has 1 aromatic rings. The summed E-state index contributed by atoms with van der Waals surface area (Å²) in [7, 11) is 0. The fraction of sp³-hybridized carbons (Fsp3) is 0.500. The molecule has 0 radical (unpaired) electrons. The quantitative estimate of drug-likeness (QED) is 0.683. The predicted octanol–water partition coefficient (Wildman–Crippen LogP) is 2.64. The topological polar surface area (TPSA) is 75.6 Å². The summed E-state index contributed by atoms with van der Waals surface area (Å²) in [6.45, 7) is 5.99. The van der Waals surface area contributed by atoms with E-state index in [9.17, 15) is 9.59 Å². The highest BCUT2D eigenvalue weighted by Gasteiger charge is 2.12. The van der Waals surface area contributed by atoms with Crippen LogP contribution in [0.3, 0.4) is 0 Å². The van der Waals surface area contributed by atoms with Crippen molar-refractivity contribution in [1.82, 2.24) is 5.32 Å². The van der Waals surface area contributed by atoms with Crippen LogP contribution in [0.25, 0.3) is 0 Å². The van der Waals surface area contributed by atoms with Crippen molar-refractivity contribution in [2.45, 2.75) is 27.2 Å². The van der Waals surface area contributed by atoms with Crippen LogP contribution in [0.1, 0.15) is 34.8 Å². The number of rotatable bonds is 9. The van der Waals surface area contributed by atoms with E-state index in [1.807, 2.05) is 11.8 Å². The Kier molecular flexibility index (Phi) is 7.80. The number of aliphatic carboxylic acids is 1. The average molecular weight is 325 g/mol. The van der Waals surface area contributed by atoms with Crippen LogP contribution in [0.2, 0.25) is 0 Å². The van der Waals surface area contributed by atoms with Gasteiger partial charge in [-0.05, 0) is 55.0 Å². The van der Waals surface area contributed by atoms with Gasteiger partial charge < -0.3 is 15.2 Å². The number of ether oxygens (including phenoxy) is 1. The van der Waals surface area contributed by atoms with Crippen LogP contribution in [0.4, 0.5) is 0 Å². The Morgan fingerprint density at radius 1 is 1.27 bits per heavy atom. The number of carbonyl (C=O) groups excluding carboxylic acids is 1. The first kappa shape index (κ1) is 18.4. The number of hydrogen-bond acceptors (Lipinski definition) is 4. The maximum Gasteiger partial charge on any atom is 0.341 e. The van der Waals surface area contributed by atoms with E-state index in [1.165, 1.54) is 0 Å². The van der Waals surface area contributed by atoms with Crippen molar-refractivity contribution in [2.24, 2.45) is 0 Å². The molecule has 0 aliphatic rings. The van der Waals surface area contributed by atoms with E-state index in [0.29, 0.717) is 17.9 Å². The van der Waals surface area contributed by atoms with Crippen LogP contribution in [0, 0.1) is 13.8 Å². The molecule has 6 heteroatoms. The second kappa shape index (κ2) is 9.35. The Balaban J connectivity index is 2.64. The Labute approximate surface area is 135 Å². The molecule has 0 saturated heterocycles. The molecule has 2 N–H and O–H groups in total. The largest absolute Gasteiger partial charge is 0.481 e. The predicted molar refractivity (Wildman–Crippen MR) is 89.0 cm³/mol. The van der Waals surface area contributed by atoms with E-state index in [0.717, 1.165) is 29.1 Å². The van der Waals surface area contributed by atoms with Crippen LogP contribution in [0.15, 0.2) is 12.1 Å². The van der Waals surface area contributed by atoms with Gasteiger partial charge in [-0.15, -0.1) is 0 Å². The molecule has 1 rings (SSSR count). The van der Waals surface area contributed by atoms with E-state index in [2.05, 4.69) is 12.2 Å². The Hall–Kier alpha value is -1.69. The van der Waals surface area contributed by atoms with Crippen LogP contribution in [-0.2, 0) is 4.79 Å². The Morgan fingerprint density at radius 3 is 2.45 bits per heavy atom. The highest BCUT2D eigenvalue weighted by atomic mass is 32.2. The molecule has 122 valence electrons. The minimum atomic E-state index is -1.02. The lowest BCUT2D eigenvalue weighted by atomic mass is 10.1. The molecule has 0 unspecified atom stereocenters. The van der Waals surface area contributed by atoms with Gasteiger partial charge in [0, 0.05) is 12.1 Å². The highest BCUT2D eigenvalue weighted by molar-refractivity contribution is 7.99. The van der Waals surface area contributed by atoms with Gasteiger partial charge in [0.2, 0.25) is 0 Å². The van der Waals surface area contributed by atoms with E-state index in [-0.39, 0.29) is 12.5 Å². The molecule has 0 spiro atoms. The monoisotopic (exact) mass is 325 g/mol. The van der Waals surface area contributed by atoms with Crippen LogP contribution < -0.4 is 10.1 Å². The van der Waals surface area contributed by atoms with E-state index < -0.39 is 5.97 Å². The number of nitrogens with one attached hydrogen (secondary N) is 1. The van der Waals surface area contributed by atoms with Crippen molar-refractivity contribution in [3.63, 3.8) is 0 Å². The first-order valence-electron chi connectivity index (χ1n) is 7.27. The molecule has 0 saturated carbocycles. The van der Waals surface area contributed by atoms with E-state index in [1.54, 1.807) is 26.0 Å². The Bertz CT molecular complexity index is 508. The minimum absolute atomic E-state index is 0.113. The zero-order valence-corrected chi connectivity index (χ0v) is 14.1. The molecular formula is C16H23NO4S. The van der Waals surface area contributed by atoms with Gasteiger partial charge in [0.25, 0.3) is 5.91 Å². The highest BCUT2D eigenvalue weighted by Crippen LogP contribution is 2.24. The van der Waals surface area contributed by atoms with Crippen molar-refractivity contribution in [1.29, 1.82) is 0 Å². The summed E-state index contributed by atoms with van der Waals surface area (Å²) in [5.74, 6) is 1.52. The summed E-state index contributed by atoms with van der Waals surface area (Å²) in [6.07, 6.45) is 0.946. The van der Waals surface area contributed by atoms with Crippen molar-refractivity contribution < 1.29 is 19.4 Å². The smallest absolute Gasteiger partial charge is 0.341 e. The standard InChI is InChI=1S/C16H23NO4S/c1-4-22-7-5-6-17-16(20)13-8-11(2)15(12(3)9-13)21-10-14(18)19/h8-9H,4-7,10H2,1-3H3,(H,17,20)(H,18,19). The number of benzene rings is 1. The number of amides is 1. The molecule has 5 nitrogen and oxygen atoms in total. The lowest BCUT2D eigenvalue weighted by Crippen LogP contribution is -2.25. The van der Waals surface area contributed by atoms with Crippen LogP contribution >= 0.6 is 11.8 Å². The molecule has 0 aliphatic heterocycles. The second-order valence-corrected chi connectivity index (χ2v) is 6.32. The van der Waals surface area contributed by atoms with Gasteiger partial charge in [0.1, 0.15) is 5.75 Å². The molecule has 0 aliphatic carbocycles. The minimum Gasteiger partial charge on any atom is -0.481 e. The molecule has 1 aromatic carbocycles. The van der Waals surface area contributed by atoms with Gasteiger partial charge in [0.05, 0.1) is 0 Å². The van der Waals surface area contributed by atoms with Crippen molar-refractivity contribution >= 4 is 23.6 Å². The number of carbonyl (C=O) groups is 2. The molecule has 0 aromatic heterocycles. The van der Waals surface area contributed by atoms with Crippen molar-refractivity contribution in [2.75, 3.05) is 24.7 Å². The van der Waals surface area contributed by atoms with Gasteiger partial charge in [-0.1, -0.05) is 6.92 Å². The van der Waals surface area contributed by atoms with Crippen molar-refractivity contribution in [3.05, 3.63) is 28.8 Å². The Morgan fingerprint density at radius 2 is 1.91 bits per heavy atom. The van der Waals surface area contributed by atoms with Gasteiger partial charge in [-0.25, -0.2) is 4.79 Å².